The molecular weight excluding hydrogens is 258 g/mol. The van der Waals surface area contributed by atoms with E-state index in [1.54, 1.807) is 0 Å². The second kappa shape index (κ2) is 6.72. The van der Waals surface area contributed by atoms with Crippen LogP contribution in [0.15, 0.2) is 36.5 Å². The maximum absolute atomic E-state index is 4.43. The highest BCUT2D eigenvalue weighted by Gasteiger charge is 2.08. The molecule has 0 unspecified atom stereocenters. The number of rotatable bonds is 5. The van der Waals surface area contributed by atoms with Gasteiger partial charge in [-0.05, 0) is 37.6 Å². The van der Waals surface area contributed by atoms with Gasteiger partial charge in [-0.25, -0.2) is 0 Å². The minimum Gasteiger partial charge on any atom is -0.344 e. The Morgan fingerprint density at radius 1 is 1.14 bits per heavy atom. The molecule has 0 amide bonds. The zero-order valence-electron chi connectivity index (χ0n) is 13.6. The smallest absolute Gasteiger partial charge is 0.0562 e. The number of pyridine rings is 1. The molecule has 1 N–H and O–H groups in total. The summed E-state index contributed by atoms with van der Waals surface area (Å²) in [5, 5.41) is 3.41. The fourth-order valence-electron chi connectivity index (χ4n) is 2.40. The van der Waals surface area contributed by atoms with Crippen molar-refractivity contribution in [3.63, 3.8) is 0 Å². The first-order valence-electron chi connectivity index (χ1n) is 7.46. The van der Waals surface area contributed by atoms with Crippen LogP contribution in [0.25, 0.3) is 0 Å². The molecule has 0 aliphatic rings. The summed E-state index contributed by atoms with van der Waals surface area (Å²) < 4.78 is 0. The molecule has 0 saturated heterocycles. The molecule has 21 heavy (non-hydrogen) atoms. The van der Waals surface area contributed by atoms with Crippen LogP contribution in [0.4, 0.5) is 11.4 Å². The maximum Gasteiger partial charge on any atom is 0.0562 e. The van der Waals surface area contributed by atoms with E-state index >= 15 is 0 Å². The molecule has 0 bridgehead atoms. The van der Waals surface area contributed by atoms with Gasteiger partial charge in [0.1, 0.15) is 0 Å². The van der Waals surface area contributed by atoms with Gasteiger partial charge in [0.2, 0.25) is 0 Å². The summed E-state index contributed by atoms with van der Waals surface area (Å²) >= 11 is 0. The zero-order chi connectivity index (χ0) is 15.4. The zero-order valence-corrected chi connectivity index (χ0v) is 13.6. The molecule has 112 valence electrons. The highest BCUT2D eigenvalue weighted by atomic mass is 15.1. The van der Waals surface area contributed by atoms with Crippen LogP contribution >= 0.6 is 0 Å². The van der Waals surface area contributed by atoms with Crippen molar-refractivity contribution in [1.29, 1.82) is 0 Å². The van der Waals surface area contributed by atoms with Crippen molar-refractivity contribution < 1.29 is 0 Å². The number of anilines is 2. The summed E-state index contributed by atoms with van der Waals surface area (Å²) in [5.41, 5.74) is 6.04. The summed E-state index contributed by atoms with van der Waals surface area (Å²) in [5.74, 6) is 0. The number of hydrogen-bond acceptors (Lipinski definition) is 3. The van der Waals surface area contributed by atoms with E-state index in [0.29, 0.717) is 6.04 Å². The minimum absolute atomic E-state index is 0.465. The third kappa shape index (κ3) is 4.05. The van der Waals surface area contributed by atoms with Crippen LogP contribution in [0.3, 0.4) is 0 Å². The number of benzene rings is 1. The summed E-state index contributed by atoms with van der Waals surface area (Å²) in [6, 6.07) is 11.2. The Kier molecular flexibility index (Phi) is 4.97. The van der Waals surface area contributed by atoms with Gasteiger partial charge >= 0.3 is 0 Å². The molecule has 2 aromatic rings. The van der Waals surface area contributed by atoms with Crippen LogP contribution in [-0.4, -0.2) is 18.1 Å². The molecular formula is C18H25N3. The van der Waals surface area contributed by atoms with Gasteiger partial charge in [-0.15, -0.1) is 0 Å². The van der Waals surface area contributed by atoms with Crippen LogP contribution in [-0.2, 0) is 6.54 Å². The Bertz CT molecular complexity index is 605. The molecule has 0 fully saturated rings. The maximum atomic E-state index is 4.43. The van der Waals surface area contributed by atoms with Crippen LogP contribution in [0.5, 0.6) is 0 Å². The standard InChI is InChI=1S/C18H25N3/c1-13(2)20-12-16-11-17(8-9-19-16)21(5)18-7-6-14(3)10-15(18)4/h6-11,13,20H,12H2,1-5H3. The predicted octanol–water partition coefficient (Wildman–Crippen LogP) is 3.96. The highest BCUT2D eigenvalue weighted by molar-refractivity contribution is 5.65. The van der Waals surface area contributed by atoms with Gasteiger partial charge < -0.3 is 10.2 Å². The molecule has 3 heteroatoms. The second-order valence-corrected chi connectivity index (χ2v) is 5.89. The molecule has 0 aliphatic heterocycles. The van der Waals surface area contributed by atoms with E-state index in [-0.39, 0.29) is 0 Å². The normalized spacial score (nSPS) is 11.0. The fourth-order valence-corrected chi connectivity index (χ4v) is 2.40. The summed E-state index contributed by atoms with van der Waals surface area (Å²) in [6.07, 6.45) is 1.88. The van der Waals surface area contributed by atoms with E-state index in [1.165, 1.54) is 16.8 Å². The number of nitrogens with zero attached hydrogens (tertiary/aromatic N) is 2. The Hall–Kier alpha value is -1.87. The van der Waals surface area contributed by atoms with E-state index in [0.717, 1.165) is 17.9 Å². The van der Waals surface area contributed by atoms with Crippen molar-refractivity contribution >= 4 is 11.4 Å². The van der Waals surface area contributed by atoms with E-state index in [9.17, 15) is 0 Å². The van der Waals surface area contributed by atoms with E-state index in [4.69, 9.17) is 0 Å². The largest absolute Gasteiger partial charge is 0.344 e. The summed E-state index contributed by atoms with van der Waals surface area (Å²) in [6.45, 7) is 9.36. The topological polar surface area (TPSA) is 28.2 Å². The van der Waals surface area contributed by atoms with Crippen LogP contribution in [0.1, 0.15) is 30.7 Å². The van der Waals surface area contributed by atoms with E-state index in [1.807, 2.05) is 6.20 Å². The molecule has 1 heterocycles. The molecule has 0 atom stereocenters. The quantitative estimate of drug-likeness (QED) is 0.900. The molecule has 2 rings (SSSR count). The number of aryl methyl sites for hydroxylation is 2. The average molecular weight is 283 g/mol. The van der Waals surface area contributed by atoms with E-state index in [2.05, 4.69) is 80.3 Å². The first-order chi connectivity index (χ1) is 9.97. The lowest BCUT2D eigenvalue weighted by molar-refractivity contribution is 0.581. The third-order valence-corrected chi connectivity index (χ3v) is 3.59. The molecule has 0 saturated carbocycles. The van der Waals surface area contributed by atoms with Gasteiger partial charge in [0.15, 0.2) is 0 Å². The Balaban J connectivity index is 2.22. The van der Waals surface area contributed by atoms with Gasteiger partial charge in [0.05, 0.1) is 5.69 Å². The number of hydrogen-bond donors (Lipinski definition) is 1. The lowest BCUT2D eigenvalue weighted by atomic mass is 10.1. The first-order valence-corrected chi connectivity index (χ1v) is 7.46. The number of nitrogens with one attached hydrogen (secondary N) is 1. The van der Waals surface area contributed by atoms with Crippen molar-refractivity contribution in [2.24, 2.45) is 0 Å². The van der Waals surface area contributed by atoms with Crippen molar-refractivity contribution in [1.82, 2.24) is 10.3 Å². The molecule has 1 aromatic heterocycles. The van der Waals surface area contributed by atoms with Gasteiger partial charge in [-0.2, -0.15) is 0 Å². The lowest BCUT2D eigenvalue weighted by Gasteiger charge is -2.22. The first kappa shape index (κ1) is 15.5. The van der Waals surface area contributed by atoms with Crippen LogP contribution < -0.4 is 10.2 Å². The van der Waals surface area contributed by atoms with Crippen molar-refractivity contribution in [3.05, 3.63) is 53.3 Å². The van der Waals surface area contributed by atoms with Gasteiger partial charge in [0.25, 0.3) is 0 Å². The second-order valence-electron chi connectivity index (χ2n) is 5.89. The molecule has 0 spiro atoms. The van der Waals surface area contributed by atoms with Crippen LogP contribution in [0, 0.1) is 13.8 Å². The lowest BCUT2D eigenvalue weighted by Crippen LogP contribution is -2.22. The SMILES string of the molecule is Cc1ccc(N(C)c2ccnc(CNC(C)C)c2)c(C)c1. The van der Waals surface area contributed by atoms with Gasteiger partial charge in [0, 0.05) is 37.2 Å². The average Bonchev–Trinajstić information content (AvgIpc) is 2.45. The van der Waals surface area contributed by atoms with Gasteiger partial charge in [-0.1, -0.05) is 31.5 Å². The van der Waals surface area contributed by atoms with Crippen LogP contribution in [0.2, 0.25) is 0 Å². The highest BCUT2D eigenvalue weighted by Crippen LogP contribution is 2.27. The monoisotopic (exact) mass is 283 g/mol. The Morgan fingerprint density at radius 2 is 1.90 bits per heavy atom. The third-order valence-electron chi connectivity index (χ3n) is 3.59. The molecule has 1 aromatic carbocycles. The van der Waals surface area contributed by atoms with Crippen molar-refractivity contribution in [2.75, 3.05) is 11.9 Å². The minimum atomic E-state index is 0.465. The summed E-state index contributed by atoms with van der Waals surface area (Å²) in [4.78, 5) is 6.65. The number of aromatic nitrogens is 1. The van der Waals surface area contributed by atoms with Gasteiger partial charge in [-0.3, -0.25) is 4.98 Å². The Labute approximate surface area is 128 Å². The molecule has 0 aliphatic carbocycles. The van der Waals surface area contributed by atoms with Crippen molar-refractivity contribution in [3.8, 4) is 0 Å². The molecule has 3 nitrogen and oxygen atoms in total. The fraction of sp³-hybridized carbons (Fsp3) is 0.389. The predicted molar refractivity (Wildman–Crippen MR) is 90.2 cm³/mol. The summed E-state index contributed by atoms with van der Waals surface area (Å²) in [7, 11) is 2.10. The molecule has 0 radical (unpaired) electrons. The van der Waals surface area contributed by atoms with E-state index < -0.39 is 0 Å². The van der Waals surface area contributed by atoms with Crippen molar-refractivity contribution in [2.45, 2.75) is 40.3 Å². The Morgan fingerprint density at radius 3 is 2.57 bits per heavy atom.